The van der Waals surface area contributed by atoms with Gasteiger partial charge in [0.2, 0.25) is 11.8 Å². The first-order valence-electron chi connectivity index (χ1n) is 11.8. The van der Waals surface area contributed by atoms with E-state index in [0.717, 1.165) is 44.2 Å². The summed E-state index contributed by atoms with van der Waals surface area (Å²) in [6, 6.07) is 1.05. The smallest absolute Gasteiger partial charge is 0.328 e. The summed E-state index contributed by atoms with van der Waals surface area (Å²) in [5, 5.41) is 5.55. The Kier molecular flexibility index (Phi) is 6.96. The second-order valence-corrected chi connectivity index (χ2v) is 9.49. The molecule has 0 spiro atoms. The first-order valence-corrected chi connectivity index (χ1v) is 11.8. The number of aryl methyl sites for hydroxylation is 2. The molecule has 2 heterocycles. The van der Waals surface area contributed by atoms with E-state index in [2.05, 4.69) is 15.6 Å². The lowest BCUT2D eigenvalue weighted by Gasteiger charge is -2.22. The second-order valence-electron chi connectivity index (χ2n) is 9.49. The highest BCUT2D eigenvalue weighted by molar-refractivity contribution is 5.98. The molecule has 8 nitrogen and oxygen atoms in total. The van der Waals surface area contributed by atoms with Gasteiger partial charge in [-0.3, -0.25) is 14.4 Å². The van der Waals surface area contributed by atoms with E-state index in [4.69, 9.17) is 4.74 Å². The molecule has 1 saturated heterocycles. The number of ketones is 1. The third-order valence-electron chi connectivity index (χ3n) is 7.02. The second kappa shape index (κ2) is 9.88. The number of esters is 1. The van der Waals surface area contributed by atoms with Gasteiger partial charge >= 0.3 is 5.97 Å². The number of hydrogen-bond donors (Lipinski definition) is 3. The van der Waals surface area contributed by atoms with Crippen LogP contribution in [0.5, 0.6) is 0 Å². The Bertz CT molecular complexity index is 865. The molecule has 0 bridgehead atoms. The van der Waals surface area contributed by atoms with E-state index in [0.29, 0.717) is 31.0 Å². The van der Waals surface area contributed by atoms with Crippen LogP contribution in [-0.2, 0) is 32.0 Å². The minimum atomic E-state index is -0.893. The molecular formula is C24H33N3O5. The Morgan fingerprint density at radius 3 is 2.59 bits per heavy atom. The van der Waals surface area contributed by atoms with E-state index in [-0.39, 0.29) is 36.4 Å². The minimum Gasteiger partial charge on any atom is -0.467 e. The number of aromatic nitrogens is 1. The number of carbonyl (C=O) groups excluding carboxylic acids is 4. The normalized spacial score (nSPS) is 21.9. The number of methoxy groups -OCH3 is 1. The van der Waals surface area contributed by atoms with Crippen LogP contribution in [0, 0.1) is 17.8 Å². The van der Waals surface area contributed by atoms with Crippen molar-refractivity contribution in [3.05, 3.63) is 23.0 Å². The predicted molar refractivity (Wildman–Crippen MR) is 117 cm³/mol. The lowest BCUT2D eigenvalue weighted by molar-refractivity contribution is -0.146. The summed E-state index contributed by atoms with van der Waals surface area (Å²) in [5.41, 5.74) is 2.93. The van der Waals surface area contributed by atoms with E-state index in [1.807, 2.05) is 6.07 Å². The first kappa shape index (κ1) is 22.6. The number of nitrogens with one attached hydrogen (secondary N) is 3. The molecule has 0 unspecified atom stereocenters. The zero-order chi connectivity index (χ0) is 22.7. The Morgan fingerprint density at radius 2 is 1.94 bits per heavy atom. The van der Waals surface area contributed by atoms with Crippen LogP contribution < -0.4 is 10.6 Å². The average Bonchev–Trinajstić information content (AvgIpc) is 3.35. The quantitative estimate of drug-likeness (QED) is 0.378. The van der Waals surface area contributed by atoms with Crippen LogP contribution in [0.15, 0.2) is 6.07 Å². The monoisotopic (exact) mass is 443 g/mol. The van der Waals surface area contributed by atoms with Gasteiger partial charge in [0, 0.05) is 30.5 Å². The molecule has 1 saturated carbocycles. The van der Waals surface area contributed by atoms with Gasteiger partial charge in [-0.2, -0.15) is 0 Å². The van der Waals surface area contributed by atoms with Crippen molar-refractivity contribution in [3.63, 3.8) is 0 Å². The zero-order valence-corrected chi connectivity index (χ0v) is 18.7. The van der Waals surface area contributed by atoms with Crippen LogP contribution >= 0.6 is 0 Å². The van der Waals surface area contributed by atoms with Crippen LogP contribution in [0.1, 0.15) is 73.1 Å². The topological polar surface area (TPSA) is 117 Å². The summed E-state index contributed by atoms with van der Waals surface area (Å²) >= 11 is 0. The van der Waals surface area contributed by atoms with Crippen molar-refractivity contribution in [2.24, 2.45) is 17.8 Å². The molecule has 2 fully saturated rings. The molecule has 32 heavy (non-hydrogen) atoms. The van der Waals surface area contributed by atoms with Gasteiger partial charge in [-0.05, 0) is 62.5 Å². The third kappa shape index (κ3) is 5.40. The number of amides is 2. The van der Waals surface area contributed by atoms with Crippen molar-refractivity contribution < 1.29 is 23.9 Å². The predicted octanol–water partition coefficient (Wildman–Crippen LogP) is 2.07. The SMILES string of the molecule is COC(=O)[C@H](C[C@@H]1CCNC1=O)NC(=O)[C@@H](CC(=O)c1cc2c([nH]1)CCCC2)CC1CC1. The standard InChI is InChI=1S/C24H33N3O5/c1-32-24(31)20(12-16-8-9-25-22(16)29)27-23(30)17(10-14-6-7-14)13-21(28)19-11-15-4-2-3-5-18(15)26-19/h11,14,16-17,20,26H,2-10,12-13H2,1H3,(H,25,29)(H,27,30)/t16-,17+,20-/m0/s1. The highest BCUT2D eigenvalue weighted by Gasteiger charge is 2.36. The summed E-state index contributed by atoms with van der Waals surface area (Å²) < 4.78 is 4.87. The maximum atomic E-state index is 13.2. The van der Waals surface area contributed by atoms with Gasteiger partial charge in [-0.15, -0.1) is 0 Å². The van der Waals surface area contributed by atoms with Gasteiger partial charge in [0.1, 0.15) is 6.04 Å². The van der Waals surface area contributed by atoms with E-state index >= 15 is 0 Å². The molecule has 3 aliphatic rings. The third-order valence-corrected chi connectivity index (χ3v) is 7.02. The average molecular weight is 444 g/mol. The van der Waals surface area contributed by atoms with Crippen LogP contribution in [0.2, 0.25) is 0 Å². The summed E-state index contributed by atoms with van der Waals surface area (Å²) in [6.07, 6.45) is 7.93. The first-order chi connectivity index (χ1) is 15.4. The van der Waals surface area contributed by atoms with Crippen molar-refractivity contribution in [1.29, 1.82) is 0 Å². The largest absolute Gasteiger partial charge is 0.467 e. The number of H-pyrrole nitrogens is 1. The molecule has 2 amide bonds. The highest BCUT2D eigenvalue weighted by Crippen LogP contribution is 2.37. The van der Waals surface area contributed by atoms with Crippen LogP contribution in [0.25, 0.3) is 0 Å². The molecule has 3 atom stereocenters. The number of hydrogen-bond acceptors (Lipinski definition) is 5. The Hall–Kier alpha value is -2.64. The number of fused-ring (bicyclic) bond motifs is 1. The number of aromatic amines is 1. The molecule has 1 aromatic rings. The fourth-order valence-corrected chi connectivity index (χ4v) is 4.93. The van der Waals surface area contributed by atoms with Crippen molar-refractivity contribution in [2.75, 3.05) is 13.7 Å². The molecule has 1 aliphatic heterocycles. The van der Waals surface area contributed by atoms with E-state index in [1.165, 1.54) is 12.7 Å². The van der Waals surface area contributed by atoms with Gasteiger partial charge in [-0.1, -0.05) is 12.8 Å². The number of ether oxygens (including phenoxy) is 1. The molecule has 2 aliphatic carbocycles. The van der Waals surface area contributed by atoms with E-state index < -0.39 is 17.9 Å². The molecule has 174 valence electrons. The maximum absolute atomic E-state index is 13.2. The fourth-order valence-electron chi connectivity index (χ4n) is 4.93. The zero-order valence-electron chi connectivity index (χ0n) is 18.7. The molecule has 4 rings (SSSR count). The Labute approximate surface area is 188 Å². The van der Waals surface area contributed by atoms with Crippen molar-refractivity contribution in [1.82, 2.24) is 15.6 Å². The Balaban J connectivity index is 1.43. The lowest BCUT2D eigenvalue weighted by Crippen LogP contribution is -2.46. The summed E-state index contributed by atoms with van der Waals surface area (Å²) in [5.74, 6) is -1.42. The summed E-state index contributed by atoms with van der Waals surface area (Å²) in [6.45, 7) is 0.574. The van der Waals surface area contributed by atoms with Gasteiger partial charge in [0.15, 0.2) is 5.78 Å². The maximum Gasteiger partial charge on any atom is 0.328 e. The molecular weight excluding hydrogens is 410 g/mol. The molecule has 0 aromatic carbocycles. The minimum absolute atomic E-state index is 0.0648. The van der Waals surface area contributed by atoms with Crippen molar-refractivity contribution >= 4 is 23.6 Å². The molecule has 0 radical (unpaired) electrons. The molecule has 1 aromatic heterocycles. The Morgan fingerprint density at radius 1 is 1.16 bits per heavy atom. The highest BCUT2D eigenvalue weighted by atomic mass is 16.5. The van der Waals surface area contributed by atoms with E-state index in [1.54, 1.807) is 0 Å². The summed E-state index contributed by atoms with van der Waals surface area (Å²) in [4.78, 5) is 53.7. The van der Waals surface area contributed by atoms with Gasteiger partial charge in [0.25, 0.3) is 0 Å². The summed E-state index contributed by atoms with van der Waals surface area (Å²) in [7, 11) is 1.27. The van der Waals surface area contributed by atoms with Crippen LogP contribution in [0.4, 0.5) is 0 Å². The van der Waals surface area contributed by atoms with Crippen molar-refractivity contribution in [3.8, 4) is 0 Å². The fraction of sp³-hybridized carbons (Fsp3) is 0.667. The van der Waals surface area contributed by atoms with Gasteiger partial charge < -0.3 is 20.4 Å². The van der Waals surface area contributed by atoms with Gasteiger partial charge in [-0.25, -0.2) is 4.79 Å². The molecule has 3 N–H and O–H groups in total. The lowest BCUT2D eigenvalue weighted by atomic mass is 9.92. The van der Waals surface area contributed by atoms with Crippen LogP contribution in [0.3, 0.4) is 0 Å². The number of carbonyl (C=O) groups is 4. The van der Waals surface area contributed by atoms with Crippen LogP contribution in [-0.4, -0.2) is 48.2 Å². The number of Topliss-reactive ketones (excluding diaryl/α,β-unsaturated/α-hetero) is 1. The van der Waals surface area contributed by atoms with E-state index in [9.17, 15) is 19.2 Å². The van der Waals surface area contributed by atoms with Crippen molar-refractivity contribution in [2.45, 2.75) is 70.3 Å². The molecule has 8 heteroatoms. The van der Waals surface area contributed by atoms with Gasteiger partial charge in [0.05, 0.1) is 12.8 Å². The number of rotatable bonds is 10.